The van der Waals surface area contributed by atoms with Crippen molar-refractivity contribution in [1.29, 1.82) is 5.26 Å². The summed E-state index contributed by atoms with van der Waals surface area (Å²) in [5, 5.41) is 25.0. The van der Waals surface area contributed by atoms with Crippen LogP contribution < -0.4 is 10.6 Å². The van der Waals surface area contributed by atoms with E-state index in [1.165, 1.54) is 0 Å². The molecule has 5 nitrogen and oxygen atoms in total. The highest BCUT2D eigenvalue weighted by Gasteiger charge is 2.10. The smallest absolute Gasteiger partial charge is 0.191 e. The van der Waals surface area contributed by atoms with Crippen molar-refractivity contribution in [2.75, 3.05) is 20.2 Å². The maximum absolute atomic E-state index is 9.60. The van der Waals surface area contributed by atoms with Crippen molar-refractivity contribution in [3.63, 3.8) is 0 Å². The predicted octanol–water partition coefficient (Wildman–Crippen LogP) is 2.62. The molecule has 2 aromatic rings. The summed E-state index contributed by atoms with van der Waals surface area (Å²) in [5.41, 5.74) is 2.74. The van der Waals surface area contributed by atoms with Crippen LogP contribution in [0.15, 0.2) is 59.6 Å². The molecule has 132 valence electrons. The van der Waals surface area contributed by atoms with E-state index < -0.39 is 0 Å². The van der Waals surface area contributed by atoms with E-state index >= 15 is 0 Å². The third-order valence-corrected chi connectivity index (χ3v) is 3.75. The first-order valence-corrected chi connectivity index (χ1v) is 7.86. The molecule has 1 unspecified atom stereocenters. The van der Waals surface area contributed by atoms with Gasteiger partial charge in [-0.05, 0) is 23.3 Å². The van der Waals surface area contributed by atoms with Gasteiger partial charge in [0.05, 0.1) is 18.2 Å². The molecule has 0 bridgehead atoms. The zero-order valence-electron chi connectivity index (χ0n) is 14.1. The number of guanidine groups is 1. The molecule has 1 atom stereocenters. The van der Waals surface area contributed by atoms with Crippen molar-refractivity contribution in [3.8, 4) is 6.07 Å². The van der Waals surface area contributed by atoms with Gasteiger partial charge in [-0.1, -0.05) is 42.5 Å². The lowest BCUT2D eigenvalue weighted by Crippen LogP contribution is -2.39. The van der Waals surface area contributed by atoms with E-state index in [9.17, 15) is 5.11 Å². The third-order valence-electron chi connectivity index (χ3n) is 3.75. The molecule has 0 saturated heterocycles. The van der Waals surface area contributed by atoms with Gasteiger partial charge in [-0.2, -0.15) is 5.26 Å². The summed E-state index contributed by atoms with van der Waals surface area (Å²) in [6.45, 7) is 1.22. The summed E-state index contributed by atoms with van der Waals surface area (Å²) in [6.07, 6.45) is 0. The van der Waals surface area contributed by atoms with Gasteiger partial charge >= 0.3 is 0 Å². The Morgan fingerprint density at radius 2 is 1.92 bits per heavy atom. The predicted molar refractivity (Wildman–Crippen MR) is 111 cm³/mol. The second kappa shape index (κ2) is 11.4. The second-order valence-corrected chi connectivity index (χ2v) is 5.41. The molecule has 0 fully saturated rings. The minimum atomic E-state index is 0. The first kappa shape index (κ1) is 20.9. The number of rotatable bonds is 6. The van der Waals surface area contributed by atoms with E-state index in [4.69, 9.17) is 5.26 Å². The molecule has 2 aromatic carbocycles. The quantitative estimate of drug-likeness (QED) is 0.359. The molecule has 0 radical (unpaired) electrons. The van der Waals surface area contributed by atoms with E-state index in [1.54, 1.807) is 13.1 Å². The van der Waals surface area contributed by atoms with Crippen molar-refractivity contribution in [2.24, 2.45) is 4.99 Å². The van der Waals surface area contributed by atoms with E-state index in [-0.39, 0.29) is 36.5 Å². The number of hydrogen-bond acceptors (Lipinski definition) is 3. The Kier molecular flexibility index (Phi) is 9.58. The van der Waals surface area contributed by atoms with Gasteiger partial charge in [0.25, 0.3) is 0 Å². The molecular formula is C19H23IN4O. The highest BCUT2D eigenvalue weighted by Crippen LogP contribution is 2.13. The summed E-state index contributed by atoms with van der Waals surface area (Å²) in [7, 11) is 1.71. The van der Waals surface area contributed by atoms with Gasteiger partial charge in [-0.25, -0.2) is 0 Å². The van der Waals surface area contributed by atoms with E-state index in [1.807, 2.05) is 48.5 Å². The summed E-state index contributed by atoms with van der Waals surface area (Å²) in [4.78, 5) is 4.19. The van der Waals surface area contributed by atoms with Gasteiger partial charge in [0.15, 0.2) is 5.96 Å². The molecule has 0 spiro atoms. The summed E-state index contributed by atoms with van der Waals surface area (Å²) >= 11 is 0. The van der Waals surface area contributed by atoms with Crippen LogP contribution in [0.3, 0.4) is 0 Å². The van der Waals surface area contributed by atoms with E-state index in [0.717, 1.165) is 11.1 Å². The zero-order chi connectivity index (χ0) is 17.2. The maximum atomic E-state index is 9.60. The van der Waals surface area contributed by atoms with E-state index in [0.29, 0.717) is 24.6 Å². The van der Waals surface area contributed by atoms with Gasteiger partial charge in [-0.15, -0.1) is 24.0 Å². The number of halogens is 1. The maximum Gasteiger partial charge on any atom is 0.191 e. The zero-order valence-corrected chi connectivity index (χ0v) is 16.5. The Morgan fingerprint density at radius 3 is 2.56 bits per heavy atom. The van der Waals surface area contributed by atoms with Gasteiger partial charge < -0.3 is 15.7 Å². The van der Waals surface area contributed by atoms with Gasteiger partial charge in [0.2, 0.25) is 0 Å². The third kappa shape index (κ3) is 6.72. The van der Waals surface area contributed by atoms with Crippen LogP contribution >= 0.6 is 24.0 Å². The SMILES string of the molecule is CN=C(NCc1cccc(C#N)c1)NCC(CO)c1ccccc1.I. The minimum Gasteiger partial charge on any atom is -0.396 e. The molecule has 0 amide bonds. The van der Waals surface area contributed by atoms with Crippen LogP contribution in [-0.2, 0) is 6.54 Å². The first-order chi connectivity index (χ1) is 11.8. The number of nitriles is 1. The van der Waals surface area contributed by atoms with E-state index in [2.05, 4.69) is 21.7 Å². The molecule has 0 aliphatic rings. The summed E-state index contributed by atoms with van der Waals surface area (Å²) in [5.74, 6) is 0.665. The molecule has 0 aliphatic carbocycles. The van der Waals surface area contributed by atoms with Gasteiger partial charge in [-0.3, -0.25) is 4.99 Å². The Balaban J connectivity index is 0.00000312. The van der Waals surface area contributed by atoms with Crippen molar-refractivity contribution in [1.82, 2.24) is 10.6 Å². The molecule has 0 heterocycles. The lowest BCUT2D eigenvalue weighted by molar-refractivity contribution is 0.265. The van der Waals surface area contributed by atoms with Crippen LogP contribution in [0.4, 0.5) is 0 Å². The topological polar surface area (TPSA) is 80.4 Å². The number of nitrogens with zero attached hydrogens (tertiary/aromatic N) is 2. The Morgan fingerprint density at radius 1 is 1.16 bits per heavy atom. The molecule has 0 aliphatic heterocycles. The molecule has 0 saturated carbocycles. The Bertz CT molecular complexity index is 713. The number of benzene rings is 2. The fourth-order valence-electron chi connectivity index (χ4n) is 2.39. The lowest BCUT2D eigenvalue weighted by Gasteiger charge is -2.18. The van der Waals surface area contributed by atoms with Gasteiger partial charge in [0, 0.05) is 26.1 Å². The van der Waals surface area contributed by atoms with Crippen LogP contribution in [-0.4, -0.2) is 31.3 Å². The average Bonchev–Trinajstić information content (AvgIpc) is 2.65. The molecular weight excluding hydrogens is 427 g/mol. The van der Waals surface area contributed by atoms with Crippen LogP contribution in [0.1, 0.15) is 22.6 Å². The first-order valence-electron chi connectivity index (χ1n) is 7.86. The van der Waals surface area contributed by atoms with Crippen molar-refractivity contribution >= 4 is 29.9 Å². The van der Waals surface area contributed by atoms with Crippen LogP contribution in [0.2, 0.25) is 0 Å². The average molecular weight is 450 g/mol. The molecule has 2 rings (SSSR count). The van der Waals surface area contributed by atoms with Crippen molar-refractivity contribution in [2.45, 2.75) is 12.5 Å². The second-order valence-electron chi connectivity index (χ2n) is 5.41. The fourth-order valence-corrected chi connectivity index (χ4v) is 2.39. The normalized spacial score (nSPS) is 11.8. The largest absolute Gasteiger partial charge is 0.396 e. The number of nitrogens with one attached hydrogen (secondary N) is 2. The fraction of sp³-hybridized carbons (Fsp3) is 0.263. The summed E-state index contributed by atoms with van der Waals surface area (Å²) in [6, 6.07) is 19.5. The van der Waals surface area contributed by atoms with Crippen molar-refractivity contribution in [3.05, 3.63) is 71.3 Å². The lowest BCUT2D eigenvalue weighted by atomic mass is 10.0. The molecule has 6 heteroatoms. The highest BCUT2D eigenvalue weighted by atomic mass is 127. The van der Waals surface area contributed by atoms with Gasteiger partial charge in [0.1, 0.15) is 0 Å². The van der Waals surface area contributed by atoms with Crippen molar-refractivity contribution < 1.29 is 5.11 Å². The van der Waals surface area contributed by atoms with Crippen LogP contribution in [0, 0.1) is 11.3 Å². The van der Waals surface area contributed by atoms with Crippen LogP contribution in [0.25, 0.3) is 0 Å². The molecule has 0 aromatic heterocycles. The number of aliphatic hydroxyl groups excluding tert-OH is 1. The van der Waals surface area contributed by atoms with Crippen LogP contribution in [0.5, 0.6) is 0 Å². The molecule has 3 N–H and O–H groups in total. The Labute approximate surface area is 165 Å². The highest BCUT2D eigenvalue weighted by molar-refractivity contribution is 14.0. The number of aliphatic hydroxyl groups is 1. The molecule has 25 heavy (non-hydrogen) atoms. The minimum absolute atomic E-state index is 0. The monoisotopic (exact) mass is 450 g/mol. The summed E-state index contributed by atoms with van der Waals surface area (Å²) < 4.78 is 0. The standard InChI is InChI=1S/C19H22N4O.HI/c1-21-19(22-12-16-7-5-6-15(10-16)11-20)23-13-18(14-24)17-8-3-2-4-9-17;/h2-10,18,24H,12-14H2,1H3,(H2,21,22,23);1H. The number of aliphatic imine (C=N–C) groups is 1. The number of hydrogen-bond donors (Lipinski definition) is 3. The Hall–Kier alpha value is -2.11.